The zero-order chi connectivity index (χ0) is 16.1. The molecule has 1 atom stereocenters. The number of ether oxygens (including phenoxy) is 1. The second-order valence-electron chi connectivity index (χ2n) is 6.90. The molecule has 2 rings (SSSR count). The van der Waals surface area contributed by atoms with Gasteiger partial charge in [-0.05, 0) is 43.5 Å². The van der Waals surface area contributed by atoms with E-state index in [1.807, 2.05) is 6.07 Å². The topological polar surface area (TPSA) is 32.7 Å². The first-order chi connectivity index (χ1) is 10.5. The lowest BCUT2D eigenvalue weighted by atomic mass is 9.93. The van der Waals surface area contributed by atoms with E-state index in [4.69, 9.17) is 4.74 Å². The van der Waals surface area contributed by atoms with Gasteiger partial charge in [0.25, 0.3) is 0 Å². The van der Waals surface area contributed by atoms with E-state index in [9.17, 15) is 5.11 Å². The number of aliphatic hydroxyl groups excluding tert-OH is 1. The van der Waals surface area contributed by atoms with Gasteiger partial charge in [-0.3, -0.25) is 0 Å². The van der Waals surface area contributed by atoms with Crippen LogP contribution in [0, 0.1) is 0 Å². The highest BCUT2D eigenvalue weighted by Gasteiger charge is 2.22. The van der Waals surface area contributed by atoms with Crippen molar-refractivity contribution in [1.82, 2.24) is 4.90 Å². The summed E-state index contributed by atoms with van der Waals surface area (Å²) in [5.74, 6) is 1.24. The number of hydrogen-bond acceptors (Lipinski definition) is 3. The van der Waals surface area contributed by atoms with E-state index in [1.165, 1.54) is 37.7 Å². The average molecular weight is 305 g/mol. The highest BCUT2D eigenvalue weighted by atomic mass is 16.5. The minimum Gasteiger partial charge on any atom is -0.496 e. The zero-order valence-corrected chi connectivity index (χ0v) is 14.5. The Morgan fingerprint density at radius 2 is 1.91 bits per heavy atom. The van der Waals surface area contributed by atoms with E-state index in [1.54, 1.807) is 7.11 Å². The summed E-state index contributed by atoms with van der Waals surface area (Å²) in [5.41, 5.74) is 2.16. The standard InChI is InChI=1S/C19H31NO2/c1-14(2)15-10-11-19(22-4)17(12-15)18(21)13-20(3)16-8-6-5-7-9-16/h10-12,14,16,18,21H,5-9,13H2,1-4H3. The number of aliphatic hydroxyl groups is 1. The number of methoxy groups -OCH3 is 1. The van der Waals surface area contributed by atoms with E-state index >= 15 is 0 Å². The molecule has 0 saturated heterocycles. The molecule has 0 aromatic heterocycles. The first-order valence-corrected chi connectivity index (χ1v) is 8.59. The predicted molar refractivity (Wildman–Crippen MR) is 91.5 cm³/mol. The van der Waals surface area contributed by atoms with E-state index in [2.05, 4.69) is 37.9 Å². The maximum atomic E-state index is 10.7. The largest absolute Gasteiger partial charge is 0.496 e. The van der Waals surface area contributed by atoms with Gasteiger partial charge in [0.05, 0.1) is 13.2 Å². The van der Waals surface area contributed by atoms with Crippen LogP contribution in [0.4, 0.5) is 0 Å². The summed E-state index contributed by atoms with van der Waals surface area (Å²) in [7, 11) is 3.81. The number of hydrogen-bond donors (Lipinski definition) is 1. The summed E-state index contributed by atoms with van der Waals surface area (Å²) < 4.78 is 5.45. The molecule has 22 heavy (non-hydrogen) atoms. The van der Waals surface area contributed by atoms with Gasteiger partial charge in [-0.15, -0.1) is 0 Å². The maximum Gasteiger partial charge on any atom is 0.124 e. The Hall–Kier alpha value is -1.06. The van der Waals surface area contributed by atoms with Crippen molar-refractivity contribution in [3.8, 4) is 5.75 Å². The van der Waals surface area contributed by atoms with Gasteiger partial charge in [0, 0.05) is 18.2 Å². The van der Waals surface area contributed by atoms with Gasteiger partial charge in [-0.2, -0.15) is 0 Å². The van der Waals surface area contributed by atoms with Crippen molar-refractivity contribution in [1.29, 1.82) is 0 Å². The number of likely N-dealkylation sites (N-methyl/N-ethyl adjacent to an activating group) is 1. The van der Waals surface area contributed by atoms with Gasteiger partial charge in [0.2, 0.25) is 0 Å². The Morgan fingerprint density at radius 3 is 2.50 bits per heavy atom. The average Bonchev–Trinajstić information content (AvgIpc) is 2.54. The molecule has 0 radical (unpaired) electrons. The van der Waals surface area contributed by atoms with Gasteiger partial charge in [-0.1, -0.05) is 39.2 Å². The Labute approximate surface area is 135 Å². The van der Waals surface area contributed by atoms with Gasteiger partial charge in [0.15, 0.2) is 0 Å². The molecule has 1 fully saturated rings. The van der Waals surface area contributed by atoms with Crippen LogP contribution in [0.1, 0.15) is 69.1 Å². The fourth-order valence-corrected chi connectivity index (χ4v) is 3.41. The Kier molecular flexibility index (Phi) is 6.27. The van der Waals surface area contributed by atoms with Crippen LogP contribution in [0.5, 0.6) is 5.75 Å². The summed E-state index contributed by atoms with van der Waals surface area (Å²) in [4.78, 5) is 2.32. The summed E-state index contributed by atoms with van der Waals surface area (Å²) in [6.45, 7) is 5.01. The highest BCUT2D eigenvalue weighted by Crippen LogP contribution is 2.30. The van der Waals surface area contributed by atoms with E-state index in [-0.39, 0.29) is 0 Å². The van der Waals surface area contributed by atoms with Crippen molar-refractivity contribution in [2.75, 3.05) is 20.7 Å². The third-order valence-corrected chi connectivity index (χ3v) is 4.94. The Bertz CT molecular complexity index is 467. The minimum absolute atomic E-state index is 0.452. The molecule has 0 bridgehead atoms. The van der Waals surface area contributed by atoms with E-state index in [0.29, 0.717) is 18.5 Å². The van der Waals surface area contributed by atoms with Crippen LogP contribution in [-0.2, 0) is 0 Å². The van der Waals surface area contributed by atoms with Crippen LogP contribution < -0.4 is 4.74 Å². The molecule has 124 valence electrons. The van der Waals surface area contributed by atoms with Crippen molar-refractivity contribution >= 4 is 0 Å². The monoisotopic (exact) mass is 305 g/mol. The Balaban J connectivity index is 2.09. The van der Waals surface area contributed by atoms with Gasteiger partial charge in [0.1, 0.15) is 5.75 Å². The molecule has 1 saturated carbocycles. The fourth-order valence-electron chi connectivity index (χ4n) is 3.41. The molecule has 1 N–H and O–H groups in total. The molecule has 0 aliphatic heterocycles. The summed E-state index contributed by atoms with van der Waals surface area (Å²) in [6.07, 6.45) is 6.00. The van der Waals surface area contributed by atoms with Crippen LogP contribution in [-0.4, -0.2) is 36.8 Å². The molecule has 1 aromatic carbocycles. The Morgan fingerprint density at radius 1 is 1.23 bits per heavy atom. The normalized spacial score (nSPS) is 18.0. The quantitative estimate of drug-likeness (QED) is 0.858. The summed E-state index contributed by atoms with van der Waals surface area (Å²) >= 11 is 0. The van der Waals surface area contributed by atoms with Gasteiger partial charge >= 0.3 is 0 Å². The molecule has 1 aliphatic rings. The number of rotatable bonds is 6. The molecule has 3 heteroatoms. The van der Waals surface area contributed by atoms with Crippen molar-refractivity contribution in [2.24, 2.45) is 0 Å². The molecular weight excluding hydrogens is 274 g/mol. The molecule has 1 aliphatic carbocycles. The van der Waals surface area contributed by atoms with Crippen LogP contribution >= 0.6 is 0 Å². The van der Waals surface area contributed by atoms with Crippen LogP contribution in [0.3, 0.4) is 0 Å². The van der Waals surface area contributed by atoms with E-state index in [0.717, 1.165) is 11.3 Å². The first kappa shape index (κ1) is 17.3. The summed E-state index contributed by atoms with van der Waals surface area (Å²) in [6, 6.07) is 6.78. The molecular formula is C19H31NO2. The van der Waals surface area contributed by atoms with Crippen molar-refractivity contribution < 1.29 is 9.84 Å². The molecule has 0 heterocycles. The number of nitrogens with zero attached hydrogens (tertiary/aromatic N) is 1. The highest BCUT2D eigenvalue weighted by molar-refractivity contribution is 5.40. The van der Waals surface area contributed by atoms with Crippen molar-refractivity contribution in [3.05, 3.63) is 29.3 Å². The maximum absolute atomic E-state index is 10.7. The second kappa shape index (κ2) is 7.98. The van der Waals surface area contributed by atoms with Gasteiger partial charge < -0.3 is 14.7 Å². The lowest BCUT2D eigenvalue weighted by Gasteiger charge is -2.33. The zero-order valence-electron chi connectivity index (χ0n) is 14.5. The molecule has 0 spiro atoms. The van der Waals surface area contributed by atoms with Gasteiger partial charge in [-0.25, -0.2) is 0 Å². The fraction of sp³-hybridized carbons (Fsp3) is 0.684. The van der Waals surface area contributed by atoms with Crippen molar-refractivity contribution in [3.63, 3.8) is 0 Å². The molecule has 1 unspecified atom stereocenters. The minimum atomic E-state index is -0.499. The van der Waals surface area contributed by atoms with Crippen molar-refractivity contribution in [2.45, 2.75) is 64.0 Å². The second-order valence-corrected chi connectivity index (χ2v) is 6.90. The SMILES string of the molecule is COc1ccc(C(C)C)cc1C(O)CN(C)C1CCCCC1. The molecule has 3 nitrogen and oxygen atoms in total. The van der Waals surface area contributed by atoms with Crippen LogP contribution in [0.2, 0.25) is 0 Å². The third kappa shape index (κ3) is 4.23. The molecule has 0 amide bonds. The van der Waals surface area contributed by atoms with E-state index < -0.39 is 6.10 Å². The molecule has 1 aromatic rings. The lowest BCUT2D eigenvalue weighted by Crippen LogP contribution is -2.36. The third-order valence-electron chi connectivity index (χ3n) is 4.94. The lowest BCUT2D eigenvalue weighted by molar-refractivity contribution is 0.0896. The smallest absolute Gasteiger partial charge is 0.124 e. The number of benzene rings is 1. The first-order valence-electron chi connectivity index (χ1n) is 8.59. The summed E-state index contributed by atoms with van der Waals surface area (Å²) in [5, 5.41) is 10.7. The van der Waals surface area contributed by atoms with Crippen LogP contribution in [0.15, 0.2) is 18.2 Å². The van der Waals surface area contributed by atoms with Crippen LogP contribution in [0.25, 0.3) is 0 Å². The predicted octanol–water partition coefficient (Wildman–Crippen LogP) is 4.12.